The molecule has 0 saturated carbocycles. The largest absolute Gasteiger partial charge is 0.270 e. The Balaban J connectivity index is 2.45. The van der Waals surface area contributed by atoms with Crippen molar-refractivity contribution in [2.24, 2.45) is 5.84 Å². The minimum atomic E-state index is -0.236. The Hall–Kier alpha value is -1.31. The lowest BCUT2D eigenvalue weighted by Gasteiger charge is -2.16. The molecule has 3 N–H and O–H groups in total. The maximum atomic E-state index is 5.61. The van der Waals surface area contributed by atoms with Crippen molar-refractivity contribution >= 4 is 15.9 Å². The second-order valence-electron chi connectivity index (χ2n) is 3.42. The summed E-state index contributed by atoms with van der Waals surface area (Å²) in [6.07, 6.45) is 6.70. The van der Waals surface area contributed by atoms with Gasteiger partial charge in [-0.25, -0.2) is 5.43 Å². The van der Waals surface area contributed by atoms with Crippen molar-refractivity contribution in [3.8, 4) is 0 Å². The highest BCUT2D eigenvalue weighted by molar-refractivity contribution is 9.10. The van der Waals surface area contributed by atoms with E-state index in [9.17, 15) is 0 Å². The molecule has 0 radical (unpaired) electrons. The number of aromatic nitrogens is 4. The highest BCUT2D eigenvalue weighted by Gasteiger charge is 2.21. The summed E-state index contributed by atoms with van der Waals surface area (Å²) < 4.78 is 2.76. The second-order valence-corrected chi connectivity index (χ2v) is 4.28. The minimum absolute atomic E-state index is 0.236. The molecule has 0 aliphatic heterocycles. The number of hydrazine groups is 1. The van der Waals surface area contributed by atoms with Crippen LogP contribution >= 0.6 is 15.9 Å². The Bertz CT molecular complexity index is 483. The Morgan fingerprint density at radius 2 is 2.29 bits per heavy atom. The average Bonchev–Trinajstić information content (AvgIpc) is 2.74. The summed E-state index contributed by atoms with van der Waals surface area (Å²) in [7, 11) is 0. The quantitative estimate of drug-likeness (QED) is 0.650. The zero-order valence-electron chi connectivity index (χ0n) is 9.34. The average molecular weight is 297 g/mol. The van der Waals surface area contributed by atoms with Crippen molar-refractivity contribution < 1.29 is 0 Å². The number of nitrogens with two attached hydrogens (primary N) is 1. The minimum Gasteiger partial charge on any atom is -0.270 e. The molecule has 7 heteroatoms. The maximum Gasteiger partial charge on any atom is 0.108 e. The highest BCUT2D eigenvalue weighted by atomic mass is 79.9. The monoisotopic (exact) mass is 296 g/mol. The summed E-state index contributed by atoms with van der Waals surface area (Å²) in [4.78, 5) is 8.30. The molecule has 0 spiro atoms. The van der Waals surface area contributed by atoms with E-state index in [1.807, 2.05) is 11.6 Å². The van der Waals surface area contributed by atoms with Crippen molar-refractivity contribution in [1.82, 2.24) is 25.2 Å². The van der Waals surface area contributed by atoms with Gasteiger partial charge in [-0.05, 0) is 22.9 Å². The molecular weight excluding hydrogens is 284 g/mol. The molecule has 17 heavy (non-hydrogen) atoms. The SMILES string of the molecule is CCn1ncc(Br)c1C(NN)c1cnccn1. The molecule has 2 aromatic heterocycles. The molecule has 2 heterocycles. The van der Waals surface area contributed by atoms with Crippen LogP contribution in [0.3, 0.4) is 0 Å². The van der Waals surface area contributed by atoms with Crippen LogP contribution in [0.4, 0.5) is 0 Å². The van der Waals surface area contributed by atoms with E-state index >= 15 is 0 Å². The first kappa shape index (κ1) is 12.2. The third-order valence-electron chi connectivity index (χ3n) is 2.45. The molecule has 0 aromatic carbocycles. The predicted molar refractivity (Wildman–Crippen MR) is 66.8 cm³/mol. The van der Waals surface area contributed by atoms with Crippen LogP contribution in [0.2, 0.25) is 0 Å². The van der Waals surface area contributed by atoms with Crippen molar-refractivity contribution in [2.75, 3.05) is 0 Å². The molecule has 6 nitrogen and oxygen atoms in total. The number of nitrogens with one attached hydrogen (secondary N) is 1. The smallest absolute Gasteiger partial charge is 0.108 e. The van der Waals surface area contributed by atoms with Gasteiger partial charge in [-0.2, -0.15) is 5.10 Å². The molecule has 1 atom stereocenters. The van der Waals surface area contributed by atoms with Crippen LogP contribution in [0, 0.1) is 0 Å². The van der Waals surface area contributed by atoms with E-state index in [4.69, 9.17) is 5.84 Å². The van der Waals surface area contributed by atoms with Crippen molar-refractivity contribution in [1.29, 1.82) is 0 Å². The molecule has 1 unspecified atom stereocenters. The lowest BCUT2D eigenvalue weighted by atomic mass is 10.1. The number of rotatable bonds is 4. The Kier molecular flexibility index (Phi) is 3.82. The summed E-state index contributed by atoms with van der Waals surface area (Å²) in [5, 5.41) is 4.25. The van der Waals surface area contributed by atoms with Gasteiger partial charge in [0.15, 0.2) is 0 Å². The van der Waals surface area contributed by atoms with Crippen LogP contribution in [-0.4, -0.2) is 19.7 Å². The number of hydrogen-bond donors (Lipinski definition) is 2. The summed E-state index contributed by atoms with van der Waals surface area (Å²) >= 11 is 3.47. The van der Waals surface area contributed by atoms with Crippen LogP contribution < -0.4 is 11.3 Å². The Morgan fingerprint density at radius 3 is 2.88 bits per heavy atom. The fraction of sp³-hybridized carbons (Fsp3) is 0.300. The molecule has 2 aromatic rings. The fourth-order valence-corrected chi connectivity index (χ4v) is 2.20. The molecule has 0 amide bonds. The first-order valence-electron chi connectivity index (χ1n) is 5.21. The van der Waals surface area contributed by atoms with Gasteiger partial charge in [-0.15, -0.1) is 0 Å². The molecular formula is C10H13BrN6. The van der Waals surface area contributed by atoms with Crippen molar-refractivity contribution in [3.05, 3.63) is 40.6 Å². The summed E-state index contributed by atoms with van der Waals surface area (Å²) in [5.74, 6) is 5.61. The number of hydrogen-bond acceptors (Lipinski definition) is 5. The topological polar surface area (TPSA) is 81.7 Å². The maximum absolute atomic E-state index is 5.61. The van der Waals surface area contributed by atoms with Gasteiger partial charge in [0.25, 0.3) is 0 Å². The lowest BCUT2D eigenvalue weighted by Crippen LogP contribution is -2.31. The normalized spacial score (nSPS) is 12.6. The molecule has 90 valence electrons. The lowest BCUT2D eigenvalue weighted by molar-refractivity contribution is 0.532. The van der Waals surface area contributed by atoms with Gasteiger partial charge in [0.2, 0.25) is 0 Å². The highest BCUT2D eigenvalue weighted by Crippen LogP contribution is 2.26. The van der Waals surface area contributed by atoms with E-state index in [1.54, 1.807) is 24.8 Å². The van der Waals surface area contributed by atoms with Gasteiger partial charge in [0.05, 0.1) is 28.3 Å². The second kappa shape index (κ2) is 5.35. The van der Waals surface area contributed by atoms with Gasteiger partial charge < -0.3 is 0 Å². The summed E-state index contributed by atoms with van der Waals surface area (Å²) in [6.45, 7) is 2.78. The van der Waals surface area contributed by atoms with Gasteiger partial charge >= 0.3 is 0 Å². The van der Waals surface area contributed by atoms with E-state index in [0.717, 1.165) is 22.4 Å². The van der Waals surface area contributed by atoms with Gasteiger partial charge in [-0.3, -0.25) is 20.5 Å². The molecule has 0 saturated heterocycles. The van der Waals surface area contributed by atoms with Gasteiger partial charge in [0, 0.05) is 18.9 Å². The van der Waals surface area contributed by atoms with Crippen molar-refractivity contribution in [2.45, 2.75) is 19.5 Å². The van der Waals surface area contributed by atoms with E-state index in [1.165, 1.54) is 0 Å². The van der Waals surface area contributed by atoms with E-state index < -0.39 is 0 Å². The first-order chi connectivity index (χ1) is 8.27. The zero-order valence-corrected chi connectivity index (χ0v) is 10.9. The van der Waals surface area contributed by atoms with Crippen LogP contribution in [0.1, 0.15) is 24.4 Å². The molecule has 0 fully saturated rings. The Morgan fingerprint density at radius 1 is 1.47 bits per heavy atom. The van der Waals surface area contributed by atoms with Crippen LogP contribution in [-0.2, 0) is 6.54 Å². The van der Waals surface area contributed by atoms with Gasteiger partial charge in [-0.1, -0.05) is 0 Å². The van der Waals surface area contributed by atoms with Crippen LogP contribution in [0.25, 0.3) is 0 Å². The number of aryl methyl sites for hydroxylation is 1. The van der Waals surface area contributed by atoms with Crippen molar-refractivity contribution in [3.63, 3.8) is 0 Å². The zero-order chi connectivity index (χ0) is 12.3. The van der Waals surface area contributed by atoms with Gasteiger partial charge in [0.1, 0.15) is 6.04 Å². The van der Waals surface area contributed by atoms with Crippen LogP contribution in [0.5, 0.6) is 0 Å². The Labute approximate surface area is 107 Å². The third kappa shape index (κ3) is 2.36. The third-order valence-corrected chi connectivity index (χ3v) is 3.06. The predicted octanol–water partition coefficient (Wildman–Crippen LogP) is 1.01. The number of nitrogens with zero attached hydrogens (tertiary/aromatic N) is 4. The van der Waals surface area contributed by atoms with E-state index in [-0.39, 0.29) is 6.04 Å². The fourth-order valence-electron chi connectivity index (χ4n) is 1.67. The molecule has 0 aliphatic rings. The number of halogens is 1. The standard InChI is InChI=1S/C10H13BrN6/c1-2-17-10(7(11)5-15-17)9(16-12)8-6-13-3-4-14-8/h3-6,9,16H,2,12H2,1H3. The first-order valence-corrected chi connectivity index (χ1v) is 6.00. The van der Waals surface area contributed by atoms with E-state index in [0.29, 0.717) is 0 Å². The van der Waals surface area contributed by atoms with E-state index in [2.05, 4.69) is 36.4 Å². The molecule has 0 bridgehead atoms. The summed E-state index contributed by atoms with van der Waals surface area (Å²) in [6, 6.07) is -0.236. The molecule has 2 rings (SSSR count). The summed E-state index contributed by atoms with van der Waals surface area (Å²) in [5.41, 5.74) is 4.44. The molecule has 0 aliphatic carbocycles. The van der Waals surface area contributed by atoms with Crippen LogP contribution in [0.15, 0.2) is 29.3 Å².